The van der Waals surface area contributed by atoms with Gasteiger partial charge in [0.1, 0.15) is 17.9 Å². The lowest BCUT2D eigenvalue weighted by Gasteiger charge is -2.26. The molecule has 0 saturated carbocycles. The van der Waals surface area contributed by atoms with Crippen molar-refractivity contribution in [3.8, 4) is 5.75 Å². The van der Waals surface area contributed by atoms with Crippen LogP contribution in [0.3, 0.4) is 0 Å². The Kier molecular flexibility index (Phi) is 4.50. The quantitative estimate of drug-likeness (QED) is 0.855. The van der Waals surface area contributed by atoms with Gasteiger partial charge in [0.2, 0.25) is 0 Å². The second-order valence-corrected chi connectivity index (χ2v) is 5.54. The van der Waals surface area contributed by atoms with Crippen LogP contribution in [0, 0.1) is 0 Å². The van der Waals surface area contributed by atoms with Gasteiger partial charge in [-0.15, -0.1) is 0 Å². The van der Waals surface area contributed by atoms with E-state index < -0.39 is 0 Å². The molecule has 0 bridgehead atoms. The largest absolute Gasteiger partial charge is 0.493 e. The van der Waals surface area contributed by atoms with Gasteiger partial charge in [-0.1, -0.05) is 6.42 Å². The molecule has 1 fully saturated rings. The van der Waals surface area contributed by atoms with Crippen molar-refractivity contribution in [2.75, 3.05) is 32.0 Å². The number of aromatic nitrogens is 2. The standard InChI is InChI=1S/C16H22N4O/c17-16-14-6-5-13(11-15(14)18-12-19-16)21-10-4-9-20-7-2-1-3-8-20/h5-6,11-12H,1-4,7-10H2,(H2,17,18,19). The number of piperidine rings is 1. The normalized spacial score (nSPS) is 16.2. The van der Waals surface area contributed by atoms with E-state index in [4.69, 9.17) is 10.5 Å². The highest BCUT2D eigenvalue weighted by Gasteiger charge is 2.09. The summed E-state index contributed by atoms with van der Waals surface area (Å²) >= 11 is 0. The molecule has 1 saturated heterocycles. The Balaban J connectivity index is 1.51. The summed E-state index contributed by atoms with van der Waals surface area (Å²) in [5.41, 5.74) is 6.64. The fourth-order valence-electron chi connectivity index (χ4n) is 2.81. The SMILES string of the molecule is Nc1ncnc2cc(OCCCN3CCCCC3)ccc12. The van der Waals surface area contributed by atoms with Crippen LogP contribution in [0.2, 0.25) is 0 Å². The predicted molar refractivity (Wildman–Crippen MR) is 84.4 cm³/mol. The lowest BCUT2D eigenvalue weighted by Crippen LogP contribution is -2.31. The van der Waals surface area contributed by atoms with Crippen LogP contribution >= 0.6 is 0 Å². The van der Waals surface area contributed by atoms with E-state index in [9.17, 15) is 0 Å². The summed E-state index contributed by atoms with van der Waals surface area (Å²) in [6.45, 7) is 4.35. The van der Waals surface area contributed by atoms with Gasteiger partial charge in [0.25, 0.3) is 0 Å². The van der Waals surface area contributed by atoms with E-state index >= 15 is 0 Å². The van der Waals surface area contributed by atoms with Crippen LogP contribution in [0.1, 0.15) is 25.7 Å². The first-order chi connectivity index (χ1) is 10.3. The van der Waals surface area contributed by atoms with Crippen molar-refractivity contribution in [1.29, 1.82) is 0 Å². The number of ether oxygens (including phenoxy) is 1. The van der Waals surface area contributed by atoms with Gasteiger partial charge in [-0.05, 0) is 44.5 Å². The zero-order valence-corrected chi connectivity index (χ0v) is 12.3. The molecule has 0 atom stereocenters. The molecule has 21 heavy (non-hydrogen) atoms. The monoisotopic (exact) mass is 286 g/mol. The van der Waals surface area contributed by atoms with Gasteiger partial charge < -0.3 is 15.4 Å². The Bertz CT molecular complexity index is 596. The summed E-state index contributed by atoms with van der Waals surface area (Å²) in [6.07, 6.45) is 6.61. The molecule has 0 spiro atoms. The Morgan fingerprint density at radius 2 is 2.00 bits per heavy atom. The van der Waals surface area contributed by atoms with Crippen LogP contribution in [-0.2, 0) is 0 Å². The highest BCUT2D eigenvalue weighted by molar-refractivity contribution is 5.88. The highest BCUT2D eigenvalue weighted by atomic mass is 16.5. The number of rotatable bonds is 5. The van der Waals surface area contributed by atoms with Crippen LogP contribution in [0.4, 0.5) is 5.82 Å². The van der Waals surface area contributed by atoms with Gasteiger partial charge in [-0.3, -0.25) is 0 Å². The molecular weight excluding hydrogens is 264 g/mol. The molecule has 1 aromatic heterocycles. The number of hydrogen-bond acceptors (Lipinski definition) is 5. The first-order valence-corrected chi connectivity index (χ1v) is 7.68. The zero-order valence-electron chi connectivity index (χ0n) is 12.3. The van der Waals surface area contributed by atoms with E-state index in [0.717, 1.165) is 36.2 Å². The second kappa shape index (κ2) is 6.72. The highest BCUT2D eigenvalue weighted by Crippen LogP contribution is 2.22. The molecule has 0 unspecified atom stereocenters. The molecule has 0 aliphatic carbocycles. The minimum atomic E-state index is 0.511. The topological polar surface area (TPSA) is 64.3 Å². The predicted octanol–water partition coefficient (Wildman–Crippen LogP) is 2.47. The molecule has 5 heteroatoms. The van der Waals surface area contributed by atoms with Crippen molar-refractivity contribution in [3.63, 3.8) is 0 Å². The van der Waals surface area contributed by atoms with Gasteiger partial charge >= 0.3 is 0 Å². The van der Waals surface area contributed by atoms with Crippen LogP contribution in [0.5, 0.6) is 5.75 Å². The van der Waals surface area contributed by atoms with Crippen LogP contribution in [0.25, 0.3) is 10.9 Å². The summed E-state index contributed by atoms with van der Waals surface area (Å²) in [5, 5.41) is 0.873. The summed E-state index contributed by atoms with van der Waals surface area (Å²) in [6, 6.07) is 5.78. The van der Waals surface area contributed by atoms with Crippen LogP contribution in [-0.4, -0.2) is 41.1 Å². The van der Waals surface area contributed by atoms with E-state index in [-0.39, 0.29) is 0 Å². The maximum Gasteiger partial charge on any atom is 0.134 e. The Hall–Kier alpha value is -1.88. The van der Waals surface area contributed by atoms with Crippen LogP contribution in [0.15, 0.2) is 24.5 Å². The maximum atomic E-state index is 5.82. The summed E-state index contributed by atoms with van der Waals surface area (Å²) in [5.74, 6) is 1.36. The number of nitrogens with zero attached hydrogens (tertiary/aromatic N) is 3. The molecule has 0 radical (unpaired) electrons. The minimum absolute atomic E-state index is 0.511. The molecular formula is C16H22N4O. The number of fused-ring (bicyclic) bond motifs is 1. The fourth-order valence-corrected chi connectivity index (χ4v) is 2.81. The third kappa shape index (κ3) is 3.61. The molecule has 1 aromatic carbocycles. The Labute approximate surface area is 125 Å². The summed E-state index contributed by atoms with van der Waals surface area (Å²) in [4.78, 5) is 10.7. The number of hydrogen-bond donors (Lipinski definition) is 1. The third-order valence-corrected chi connectivity index (χ3v) is 3.97. The zero-order chi connectivity index (χ0) is 14.5. The van der Waals surface area contributed by atoms with Crippen molar-refractivity contribution < 1.29 is 4.74 Å². The molecule has 1 aliphatic heterocycles. The smallest absolute Gasteiger partial charge is 0.134 e. The molecule has 3 rings (SSSR count). The number of nitrogens with two attached hydrogens (primary N) is 1. The molecule has 0 amide bonds. The van der Waals surface area contributed by atoms with Gasteiger partial charge in [0.05, 0.1) is 12.1 Å². The van der Waals surface area contributed by atoms with E-state index in [0.29, 0.717) is 5.82 Å². The number of nitrogen functional groups attached to an aromatic ring is 1. The Morgan fingerprint density at radius 1 is 1.14 bits per heavy atom. The van der Waals surface area contributed by atoms with E-state index in [1.165, 1.54) is 38.7 Å². The molecule has 5 nitrogen and oxygen atoms in total. The summed E-state index contributed by atoms with van der Waals surface area (Å²) < 4.78 is 5.82. The van der Waals surface area contributed by atoms with Crippen molar-refractivity contribution in [2.24, 2.45) is 0 Å². The van der Waals surface area contributed by atoms with Crippen molar-refractivity contribution in [2.45, 2.75) is 25.7 Å². The molecule has 1 aliphatic rings. The van der Waals surface area contributed by atoms with E-state index in [1.807, 2.05) is 18.2 Å². The van der Waals surface area contributed by atoms with Crippen molar-refractivity contribution in [1.82, 2.24) is 14.9 Å². The number of anilines is 1. The van der Waals surface area contributed by atoms with E-state index in [2.05, 4.69) is 14.9 Å². The van der Waals surface area contributed by atoms with Gasteiger partial charge in [-0.25, -0.2) is 9.97 Å². The molecule has 2 aromatic rings. The van der Waals surface area contributed by atoms with Gasteiger partial charge in [0.15, 0.2) is 0 Å². The molecule has 2 N–H and O–H groups in total. The summed E-state index contributed by atoms with van der Waals surface area (Å²) in [7, 11) is 0. The lowest BCUT2D eigenvalue weighted by atomic mass is 10.1. The number of likely N-dealkylation sites (tertiary alicyclic amines) is 1. The molecule has 112 valence electrons. The first-order valence-electron chi connectivity index (χ1n) is 7.68. The fraction of sp³-hybridized carbons (Fsp3) is 0.500. The maximum absolute atomic E-state index is 5.82. The lowest BCUT2D eigenvalue weighted by molar-refractivity contribution is 0.205. The average Bonchev–Trinajstić information content (AvgIpc) is 2.53. The van der Waals surface area contributed by atoms with Crippen LogP contribution < -0.4 is 10.5 Å². The second-order valence-electron chi connectivity index (χ2n) is 5.54. The van der Waals surface area contributed by atoms with Gasteiger partial charge in [0, 0.05) is 18.0 Å². The minimum Gasteiger partial charge on any atom is -0.493 e. The number of benzene rings is 1. The van der Waals surface area contributed by atoms with Gasteiger partial charge in [-0.2, -0.15) is 0 Å². The van der Waals surface area contributed by atoms with E-state index in [1.54, 1.807) is 0 Å². The van der Waals surface area contributed by atoms with Crippen molar-refractivity contribution in [3.05, 3.63) is 24.5 Å². The first kappa shape index (κ1) is 14.1. The van der Waals surface area contributed by atoms with Crippen molar-refractivity contribution >= 4 is 16.7 Å². The molecule has 2 heterocycles. The average molecular weight is 286 g/mol. The third-order valence-electron chi connectivity index (χ3n) is 3.97. The Morgan fingerprint density at radius 3 is 2.86 bits per heavy atom.